The van der Waals surface area contributed by atoms with Gasteiger partial charge in [-0.2, -0.15) is 0 Å². The molecule has 1 heterocycles. The highest BCUT2D eigenvalue weighted by atomic mass is 127. The number of nitrogens with one attached hydrogen (secondary N) is 2. The predicted octanol–water partition coefficient (Wildman–Crippen LogP) is 3.62. The van der Waals surface area contributed by atoms with Crippen LogP contribution in [0.15, 0.2) is 29.4 Å². The summed E-state index contributed by atoms with van der Waals surface area (Å²) in [5, 5.41) is 6.76. The number of hydrogen-bond acceptors (Lipinski definition) is 2. The number of pyridine rings is 1. The van der Waals surface area contributed by atoms with Gasteiger partial charge >= 0.3 is 0 Å². The van der Waals surface area contributed by atoms with E-state index in [2.05, 4.69) is 35.5 Å². The molecule has 1 saturated carbocycles. The van der Waals surface area contributed by atoms with E-state index < -0.39 is 0 Å². The van der Waals surface area contributed by atoms with E-state index in [9.17, 15) is 0 Å². The highest BCUT2D eigenvalue weighted by molar-refractivity contribution is 14.0. The Morgan fingerprint density at radius 3 is 2.87 bits per heavy atom. The summed E-state index contributed by atoms with van der Waals surface area (Å²) in [5.41, 5.74) is 1.12. The molecule has 0 aromatic carbocycles. The lowest BCUT2D eigenvalue weighted by atomic mass is 9.82. The summed E-state index contributed by atoms with van der Waals surface area (Å²) in [4.78, 5) is 9.13. The van der Waals surface area contributed by atoms with Crippen molar-refractivity contribution in [3.8, 4) is 0 Å². The zero-order chi connectivity index (χ0) is 15.6. The Balaban J connectivity index is 0.00000264. The van der Waals surface area contributed by atoms with Crippen LogP contribution in [0, 0.1) is 11.8 Å². The molecule has 0 spiro atoms. The van der Waals surface area contributed by atoms with Gasteiger partial charge in [0.25, 0.3) is 0 Å². The molecule has 2 N–H and O–H groups in total. The molecule has 1 aromatic rings. The molecule has 0 aliphatic heterocycles. The van der Waals surface area contributed by atoms with E-state index in [0.717, 1.165) is 49.5 Å². The SMILES string of the molecule is CCNC(=NCC1CCCC(C)C1)NCCc1ccccn1.I. The van der Waals surface area contributed by atoms with Crippen molar-refractivity contribution in [2.75, 3.05) is 19.6 Å². The van der Waals surface area contributed by atoms with Gasteiger partial charge in [-0.05, 0) is 43.7 Å². The number of aliphatic imine (C=N–C) groups is 1. The Hall–Kier alpha value is -0.850. The average Bonchev–Trinajstić information content (AvgIpc) is 2.54. The van der Waals surface area contributed by atoms with E-state index in [0.29, 0.717) is 0 Å². The second kappa shape index (κ2) is 11.6. The van der Waals surface area contributed by atoms with E-state index in [1.165, 1.54) is 25.7 Å². The largest absolute Gasteiger partial charge is 0.357 e. The number of rotatable bonds is 6. The normalized spacial score (nSPS) is 21.4. The average molecular weight is 430 g/mol. The topological polar surface area (TPSA) is 49.3 Å². The Bertz CT molecular complexity index is 450. The maximum Gasteiger partial charge on any atom is 0.191 e. The van der Waals surface area contributed by atoms with Crippen LogP contribution in [0.3, 0.4) is 0 Å². The molecule has 0 radical (unpaired) electrons. The molecule has 1 aromatic heterocycles. The van der Waals surface area contributed by atoms with E-state index in [-0.39, 0.29) is 24.0 Å². The van der Waals surface area contributed by atoms with E-state index >= 15 is 0 Å². The lowest BCUT2D eigenvalue weighted by Gasteiger charge is -2.25. The molecule has 0 saturated heterocycles. The second-order valence-corrected chi connectivity index (χ2v) is 6.36. The summed E-state index contributed by atoms with van der Waals surface area (Å²) in [5.74, 6) is 2.57. The number of aromatic nitrogens is 1. The first kappa shape index (κ1) is 20.2. The smallest absolute Gasteiger partial charge is 0.191 e. The molecule has 5 heteroatoms. The fraction of sp³-hybridized carbons (Fsp3) is 0.667. The highest BCUT2D eigenvalue weighted by Crippen LogP contribution is 2.28. The second-order valence-electron chi connectivity index (χ2n) is 6.36. The van der Waals surface area contributed by atoms with Gasteiger partial charge in [-0.3, -0.25) is 9.98 Å². The minimum absolute atomic E-state index is 0. The van der Waals surface area contributed by atoms with E-state index in [1.807, 2.05) is 18.3 Å². The first-order valence-corrected chi connectivity index (χ1v) is 8.70. The van der Waals surface area contributed by atoms with Crippen molar-refractivity contribution < 1.29 is 0 Å². The Kier molecular flexibility index (Phi) is 10.2. The minimum atomic E-state index is 0. The predicted molar refractivity (Wildman–Crippen MR) is 108 cm³/mol. The van der Waals surface area contributed by atoms with Gasteiger partial charge in [0.05, 0.1) is 0 Å². The maximum absolute atomic E-state index is 4.78. The van der Waals surface area contributed by atoms with Crippen LogP contribution >= 0.6 is 24.0 Å². The third kappa shape index (κ3) is 7.99. The van der Waals surface area contributed by atoms with Crippen LogP contribution in [0.1, 0.15) is 45.2 Å². The van der Waals surface area contributed by atoms with Crippen molar-refractivity contribution in [3.05, 3.63) is 30.1 Å². The zero-order valence-corrected chi connectivity index (χ0v) is 16.8. The Morgan fingerprint density at radius 2 is 2.17 bits per heavy atom. The molecule has 2 rings (SSSR count). The molecule has 130 valence electrons. The van der Waals surface area contributed by atoms with Crippen molar-refractivity contribution in [1.82, 2.24) is 15.6 Å². The van der Waals surface area contributed by atoms with Crippen molar-refractivity contribution in [3.63, 3.8) is 0 Å². The molecule has 1 aliphatic carbocycles. The molecular formula is C18H31IN4. The van der Waals surface area contributed by atoms with Crippen LogP contribution in [0.5, 0.6) is 0 Å². The minimum Gasteiger partial charge on any atom is -0.357 e. The quantitative estimate of drug-likeness (QED) is 0.412. The molecule has 4 nitrogen and oxygen atoms in total. The zero-order valence-electron chi connectivity index (χ0n) is 14.4. The molecule has 0 amide bonds. The van der Waals surface area contributed by atoms with Crippen LogP contribution in [0.25, 0.3) is 0 Å². The van der Waals surface area contributed by atoms with E-state index in [1.54, 1.807) is 0 Å². The first-order valence-electron chi connectivity index (χ1n) is 8.70. The van der Waals surface area contributed by atoms with Gasteiger partial charge in [-0.15, -0.1) is 24.0 Å². The van der Waals surface area contributed by atoms with Crippen molar-refractivity contribution in [2.45, 2.75) is 46.0 Å². The molecule has 1 aliphatic rings. The molecule has 1 fully saturated rings. The fourth-order valence-corrected chi connectivity index (χ4v) is 3.14. The van der Waals surface area contributed by atoms with E-state index in [4.69, 9.17) is 4.99 Å². The third-order valence-electron chi connectivity index (χ3n) is 4.30. The summed E-state index contributed by atoms with van der Waals surface area (Å²) in [6.07, 6.45) is 8.19. The van der Waals surface area contributed by atoms with Crippen LogP contribution in [0.4, 0.5) is 0 Å². The fourth-order valence-electron chi connectivity index (χ4n) is 3.14. The lowest BCUT2D eigenvalue weighted by Crippen LogP contribution is -2.38. The third-order valence-corrected chi connectivity index (χ3v) is 4.30. The summed E-state index contributed by atoms with van der Waals surface area (Å²) in [7, 11) is 0. The molecule has 2 atom stereocenters. The Labute approximate surface area is 158 Å². The van der Waals surface area contributed by atoms with Crippen LogP contribution < -0.4 is 10.6 Å². The van der Waals surface area contributed by atoms with Gasteiger partial charge in [0, 0.05) is 37.9 Å². The molecule has 0 bridgehead atoms. The van der Waals surface area contributed by atoms with Gasteiger partial charge in [0.1, 0.15) is 0 Å². The summed E-state index contributed by atoms with van der Waals surface area (Å²) >= 11 is 0. The van der Waals surface area contributed by atoms with Crippen LogP contribution in [-0.4, -0.2) is 30.6 Å². The van der Waals surface area contributed by atoms with Crippen LogP contribution in [-0.2, 0) is 6.42 Å². The summed E-state index contributed by atoms with van der Waals surface area (Å²) in [6, 6.07) is 6.05. The van der Waals surface area contributed by atoms with Crippen molar-refractivity contribution in [2.24, 2.45) is 16.8 Å². The number of hydrogen-bond donors (Lipinski definition) is 2. The summed E-state index contributed by atoms with van der Waals surface area (Å²) < 4.78 is 0. The van der Waals surface area contributed by atoms with Gasteiger partial charge < -0.3 is 10.6 Å². The number of halogens is 1. The van der Waals surface area contributed by atoms with Gasteiger partial charge in [-0.1, -0.05) is 25.8 Å². The molecular weight excluding hydrogens is 399 g/mol. The van der Waals surface area contributed by atoms with Crippen molar-refractivity contribution in [1.29, 1.82) is 0 Å². The Morgan fingerprint density at radius 1 is 1.30 bits per heavy atom. The van der Waals surface area contributed by atoms with Crippen LogP contribution in [0.2, 0.25) is 0 Å². The van der Waals surface area contributed by atoms with Gasteiger partial charge in [0.2, 0.25) is 0 Å². The molecule has 23 heavy (non-hydrogen) atoms. The molecule has 2 unspecified atom stereocenters. The first-order chi connectivity index (χ1) is 10.8. The standard InChI is InChI=1S/C18H30N4.HI/c1-3-19-18(21-12-10-17-9-4-5-11-20-17)22-14-16-8-6-7-15(2)13-16;/h4-5,9,11,15-16H,3,6-8,10,12-14H2,1-2H3,(H2,19,21,22);1H. The number of nitrogens with zero attached hydrogens (tertiary/aromatic N) is 2. The number of guanidine groups is 1. The lowest BCUT2D eigenvalue weighted by molar-refractivity contribution is 0.289. The van der Waals surface area contributed by atoms with Gasteiger partial charge in [-0.25, -0.2) is 0 Å². The van der Waals surface area contributed by atoms with Crippen molar-refractivity contribution >= 4 is 29.9 Å². The summed E-state index contributed by atoms with van der Waals surface area (Å²) in [6.45, 7) is 7.19. The maximum atomic E-state index is 4.78. The highest BCUT2D eigenvalue weighted by Gasteiger charge is 2.18. The monoisotopic (exact) mass is 430 g/mol. The van der Waals surface area contributed by atoms with Gasteiger partial charge in [0.15, 0.2) is 5.96 Å².